The van der Waals surface area contributed by atoms with Crippen molar-refractivity contribution in [3.05, 3.63) is 10.4 Å². The maximum atomic E-state index is 15.7. The number of aliphatic hydroxyl groups excluding tert-OH is 1. The number of aliphatic hydroxyl groups is 1. The van der Waals surface area contributed by atoms with Crippen LogP contribution in [0.25, 0.3) is 10.4 Å². The Hall–Kier alpha value is -1.13. The number of hydrogen-bond donors (Lipinski definition) is 1. The van der Waals surface area contributed by atoms with Crippen molar-refractivity contribution in [3.8, 4) is 0 Å². The number of halogens is 1. The lowest BCUT2D eigenvalue weighted by molar-refractivity contribution is -0.215. The molecule has 0 radical (unpaired) electrons. The fraction of sp³-hybridized carbons (Fsp3) is 0.963. The van der Waals surface area contributed by atoms with Crippen molar-refractivity contribution >= 4 is 5.91 Å². The first-order valence-electron chi connectivity index (χ1n) is 13.5. The lowest BCUT2D eigenvalue weighted by Gasteiger charge is -2.65. The Morgan fingerprint density at radius 3 is 2.52 bits per heavy atom. The van der Waals surface area contributed by atoms with E-state index in [2.05, 4.69) is 44.6 Å². The molecule has 4 aliphatic carbocycles. The van der Waals surface area contributed by atoms with Crippen molar-refractivity contribution in [1.82, 2.24) is 0 Å². The molecule has 0 saturated heterocycles. The Morgan fingerprint density at radius 1 is 1.18 bits per heavy atom. The summed E-state index contributed by atoms with van der Waals surface area (Å²) in [7, 11) is 0. The topological polar surface area (TPSA) is 86.1 Å². The molecule has 5 unspecified atom stereocenters. The molecule has 0 spiro atoms. The number of amides is 1. The molecule has 0 aromatic carbocycles. The molecule has 186 valence electrons. The second kappa shape index (κ2) is 9.15. The Bertz CT molecular complexity index is 800. The Morgan fingerprint density at radius 2 is 1.85 bits per heavy atom. The standard InChI is InChI=1S/C27H44FN3O2/c1-6-17-23-24(28)16(3)11-13-27(23,5)20-12-14-26(4)18(8-9-19(26)22(20)25(17)33)15(2)7-10-21(32)30-31-29/h15-20,22-25,33H,6-14H2,1-5H3/t15-,16-,17-,18?,19?,20?,22?,23-,24+,25?,26-,27-/m1/s1. The van der Waals surface area contributed by atoms with Crippen molar-refractivity contribution in [3.63, 3.8) is 0 Å². The third-order valence-corrected chi connectivity index (χ3v) is 11.5. The number of alkyl halides is 1. The Kier molecular flexibility index (Phi) is 6.92. The number of carbonyl (C=O) groups excluding carboxylic acids is 1. The zero-order valence-corrected chi connectivity index (χ0v) is 21.2. The van der Waals surface area contributed by atoms with Gasteiger partial charge in [0.1, 0.15) is 6.17 Å². The van der Waals surface area contributed by atoms with Crippen LogP contribution in [0.1, 0.15) is 92.4 Å². The average Bonchev–Trinajstić information content (AvgIpc) is 3.13. The van der Waals surface area contributed by atoms with Gasteiger partial charge in [0.2, 0.25) is 5.91 Å². The summed E-state index contributed by atoms with van der Waals surface area (Å²) in [5, 5.41) is 15.0. The number of azide groups is 1. The van der Waals surface area contributed by atoms with Gasteiger partial charge >= 0.3 is 0 Å². The summed E-state index contributed by atoms with van der Waals surface area (Å²) in [6.45, 7) is 11.2. The second-order valence-corrected chi connectivity index (χ2v) is 12.7. The molecule has 0 aromatic rings. The van der Waals surface area contributed by atoms with Gasteiger partial charge in [-0.1, -0.05) is 41.0 Å². The molecule has 0 bridgehead atoms. The van der Waals surface area contributed by atoms with Gasteiger partial charge in [0, 0.05) is 17.3 Å². The number of nitrogens with zero attached hydrogens (tertiary/aromatic N) is 3. The molecule has 1 amide bonds. The van der Waals surface area contributed by atoms with Crippen LogP contribution < -0.4 is 0 Å². The summed E-state index contributed by atoms with van der Waals surface area (Å²) in [6.07, 6.45) is 7.23. The van der Waals surface area contributed by atoms with E-state index in [0.717, 1.165) is 51.4 Å². The molecule has 4 rings (SSSR count). The van der Waals surface area contributed by atoms with Gasteiger partial charge in [-0.2, -0.15) is 0 Å². The molecule has 6 heteroatoms. The molecule has 0 aliphatic heterocycles. The molecule has 12 atom stereocenters. The van der Waals surface area contributed by atoms with Crippen LogP contribution in [0.2, 0.25) is 0 Å². The summed E-state index contributed by atoms with van der Waals surface area (Å²) < 4.78 is 15.7. The third kappa shape index (κ3) is 3.84. The monoisotopic (exact) mass is 461 g/mol. The van der Waals surface area contributed by atoms with E-state index >= 15 is 4.39 Å². The van der Waals surface area contributed by atoms with Crippen LogP contribution in [0, 0.1) is 58.2 Å². The van der Waals surface area contributed by atoms with Crippen LogP contribution in [0.3, 0.4) is 0 Å². The summed E-state index contributed by atoms with van der Waals surface area (Å²) in [6, 6.07) is 0. The first kappa shape index (κ1) is 25.0. The minimum atomic E-state index is -0.803. The summed E-state index contributed by atoms with van der Waals surface area (Å²) in [4.78, 5) is 14.4. The Labute approximate surface area is 198 Å². The number of carbonyl (C=O) groups is 1. The van der Waals surface area contributed by atoms with E-state index in [1.54, 1.807) is 0 Å². The van der Waals surface area contributed by atoms with Crippen LogP contribution in [-0.2, 0) is 4.79 Å². The number of fused-ring (bicyclic) bond motifs is 5. The van der Waals surface area contributed by atoms with Gasteiger partial charge in [-0.05, 0) is 108 Å². The maximum Gasteiger partial charge on any atom is 0.218 e. The second-order valence-electron chi connectivity index (χ2n) is 12.7. The fourth-order valence-corrected chi connectivity index (χ4v) is 9.80. The van der Waals surface area contributed by atoms with E-state index in [1.165, 1.54) is 0 Å². The smallest absolute Gasteiger partial charge is 0.218 e. The van der Waals surface area contributed by atoms with Crippen molar-refractivity contribution in [1.29, 1.82) is 0 Å². The van der Waals surface area contributed by atoms with Gasteiger partial charge < -0.3 is 5.11 Å². The molecule has 4 fully saturated rings. The van der Waals surface area contributed by atoms with E-state index in [1.807, 2.05) is 0 Å². The van der Waals surface area contributed by atoms with E-state index in [0.29, 0.717) is 30.1 Å². The van der Waals surface area contributed by atoms with Gasteiger partial charge in [0.05, 0.1) is 6.10 Å². The van der Waals surface area contributed by atoms with E-state index in [9.17, 15) is 9.90 Å². The predicted molar refractivity (Wildman–Crippen MR) is 128 cm³/mol. The molecule has 1 N–H and O–H groups in total. The van der Waals surface area contributed by atoms with Crippen molar-refractivity contribution in [2.45, 2.75) is 105 Å². The first-order chi connectivity index (χ1) is 15.6. The molecule has 4 aliphatic rings. The highest BCUT2D eigenvalue weighted by Crippen LogP contribution is 2.70. The van der Waals surface area contributed by atoms with Crippen molar-refractivity contribution in [2.75, 3.05) is 0 Å². The number of hydrogen-bond acceptors (Lipinski definition) is 2. The van der Waals surface area contributed by atoms with Crippen LogP contribution in [0.15, 0.2) is 5.11 Å². The predicted octanol–water partition coefficient (Wildman–Crippen LogP) is 7.09. The minimum absolute atomic E-state index is 0.0107. The van der Waals surface area contributed by atoms with Crippen molar-refractivity contribution in [2.24, 2.45) is 63.3 Å². The summed E-state index contributed by atoms with van der Waals surface area (Å²) in [5.41, 5.74) is 8.65. The van der Waals surface area contributed by atoms with Gasteiger partial charge in [0.15, 0.2) is 0 Å². The zero-order chi connectivity index (χ0) is 24.1. The van der Waals surface area contributed by atoms with E-state index in [-0.39, 0.29) is 40.4 Å². The summed E-state index contributed by atoms with van der Waals surface area (Å²) in [5.74, 6) is 1.79. The van der Waals surface area contributed by atoms with Crippen LogP contribution in [0.5, 0.6) is 0 Å². The molecule has 5 nitrogen and oxygen atoms in total. The van der Waals surface area contributed by atoms with Gasteiger partial charge in [0.25, 0.3) is 0 Å². The van der Waals surface area contributed by atoms with Gasteiger partial charge in [-0.3, -0.25) is 4.79 Å². The number of rotatable bonds is 5. The van der Waals surface area contributed by atoms with Gasteiger partial charge in [-0.15, -0.1) is 0 Å². The minimum Gasteiger partial charge on any atom is -0.393 e. The fourth-order valence-electron chi connectivity index (χ4n) is 9.80. The van der Waals surface area contributed by atoms with Crippen molar-refractivity contribution < 1.29 is 14.3 Å². The lowest BCUT2D eigenvalue weighted by atomic mass is 9.40. The van der Waals surface area contributed by atoms with Crippen LogP contribution in [0.4, 0.5) is 4.39 Å². The highest BCUT2D eigenvalue weighted by atomic mass is 19.1. The molecular formula is C27H44FN3O2. The van der Waals surface area contributed by atoms with Gasteiger partial charge in [-0.25, -0.2) is 4.39 Å². The largest absolute Gasteiger partial charge is 0.393 e. The van der Waals surface area contributed by atoms with E-state index in [4.69, 9.17) is 5.53 Å². The highest BCUT2D eigenvalue weighted by Gasteiger charge is 2.66. The summed E-state index contributed by atoms with van der Waals surface area (Å²) >= 11 is 0. The molecular weight excluding hydrogens is 417 g/mol. The lowest BCUT2D eigenvalue weighted by Crippen LogP contribution is -2.64. The Balaban J connectivity index is 1.59. The molecule has 0 heterocycles. The SMILES string of the molecule is CC[C@H]1C(O)C2C3CCC([C@H](C)CCC(=O)N=[N+]=[N-])[C@@]3(C)CCC2[C@@]2(C)CC[C@@H](C)[C@H](F)[C@@H]12. The van der Waals surface area contributed by atoms with Crippen LogP contribution in [-0.4, -0.2) is 23.3 Å². The quantitative estimate of drug-likeness (QED) is 0.269. The normalized spacial score (nSPS) is 49.8. The highest BCUT2D eigenvalue weighted by molar-refractivity contribution is 5.76. The molecule has 4 saturated carbocycles. The average molecular weight is 462 g/mol. The maximum absolute atomic E-state index is 15.7. The molecule has 0 aromatic heterocycles. The molecule has 33 heavy (non-hydrogen) atoms. The zero-order valence-electron chi connectivity index (χ0n) is 21.2. The third-order valence-electron chi connectivity index (χ3n) is 11.5. The first-order valence-corrected chi connectivity index (χ1v) is 13.5. The van der Waals surface area contributed by atoms with Crippen LogP contribution >= 0.6 is 0 Å². The van der Waals surface area contributed by atoms with E-state index < -0.39 is 12.3 Å².